The van der Waals surface area contributed by atoms with Gasteiger partial charge in [-0.15, -0.1) is 22.7 Å². The van der Waals surface area contributed by atoms with E-state index in [1.807, 2.05) is 12.1 Å². The molecule has 0 aliphatic heterocycles. The molecule has 2 heteroatoms. The van der Waals surface area contributed by atoms with Crippen molar-refractivity contribution < 1.29 is 13.7 Å². The predicted molar refractivity (Wildman–Crippen MR) is 446 cm³/mol. The maximum atomic E-state index is 10.3. The van der Waals surface area contributed by atoms with Crippen molar-refractivity contribution in [3.8, 4) is 66.8 Å². The molecule has 0 saturated carbocycles. The second-order valence-electron chi connectivity index (χ2n) is 27.2. The quantitative estimate of drug-likeness (QED) is 0.146. The van der Waals surface area contributed by atoms with Crippen LogP contribution in [0.5, 0.6) is 0 Å². The summed E-state index contributed by atoms with van der Waals surface area (Å²) in [5.74, 6) is 0. The lowest BCUT2D eigenvalue weighted by Crippen LogP contribution is -1.92. The first-order valence-corrected chi connectivity index (χ1v) is 36.2. The van der Waals surface area contributed by atoms with Crippen LogP contribution in [0.1, 0.15) is 13.7 Å². The molecule has 2 aromatic heterocycles. The highest BCUT2D eigenvalue weighted by molar-refractivity contribution is 7.26. The summed E-state index contributed by atoms with van der Waals surface area (Å²) in [6, 6.07) is 97.5. The number of rotatable bonds is 6. The lowest BCUT2D eigenvalue weighted by molar-refractivity contribution is 1.61. The average Bonchev–Trinajstić information content (AvgIpc) is 1.30. The molecule has 468 valence electrons. The van der Waals surface area contributed by atoms with E-state index in [0.717, 1.165) is 115 Å². The van der Waals surface area contributed by atoms with E-state index < -0.39 is 0 Å². The topological polar surface area (TPSA) is 0 Å². The van der Waals surface area contributed by atoms with Crippen molar-refractivity contribution in [2.24, 2.45) is 0 Å². The number of thiophene rings is 2. The second-order valence-corrected chi connectivity index (χ2v) is 29.3. The molecular weight excluding hydrogens is 1270 g/mol. The summed E-state index contributed by atoms with van der Waals surface area (Å²) in [4.78, 5) is 0. The summed E-state index contributed by atoms with van der Waals surface area (Å²) >= 11 is 2.82. The first-order chi connectivity index (χ1) is 54.7. The Labute approximate surface area is 608 Å². The Morgan fingerprint density at radius 2 is 0.559 bits per heavy atom. The summed E-state index contributed by atoms with van der Waals surface area (Å²) in [7, 11) is 0. The van der Waals surface area contributed by atoms with Crippen LogP contribution in [-0.4, -0.2) is 0 Å². The zero-order valence-electron chi connectivity index (χ0n) is 64.4. The maximum absolute atomic E-state index is 10.3. The van der Waals surface area contributed by atoms with Crippen molar-refractivity contribution in [2.75, 3.05) is 0 Å². The van der Waals surface area contributed by atoms with Gasteiger partial charge in [-0.25, -0.2) is 0 Å². The van der Waals surface area contributed by atoms with Crippen molar-refractivity contribution >= 4 is 192 Å². The zero-order valence-corrected chi connectivity index (χ0v) is 56.0. The highest BCUT2D eigenvalue weighted by atomic mass is 32.1. The summed E-state index contributed by atoms with van der Waals surface area (Å²) in [6.45, 7) is 0. The van der Waals surface area contributed by atoms with Crippen molar-refractivity contribution in [3.63, 3.8) is 0 Å². The van der Waals surface area contributed by atoms with E-state index in [1.54, 1.807) is 11.3 Å². The lowest BCUT2D eigenvalue weighted by atomic mass is 9.84. The van der Waals surface area contributed by atoms with Crippen LogP contribution in [-0.2, 0) is 0 Å². The summed E-state index contributed by atoms with van der Waals surface area (Å²) in [5.41, 5.74) is 9.02. The molecule has 2 heterocycles. The van der Waals surface area contributed by atoms with Crippen LogP contribution in [0, 0.1) is 0 Å². The Morgan fingerprint density at radius 1 is 0.176 bits per heavy atom. The van der Waals surface area contributed by atoms with Crippen LogP contribution in [0.15, 0.2) is 339 Å². The average molecular weight is 1330 g/mol. The zero-order chi connectivity index (χ0) is 75.1. The minimum absolute atomic E-state index is 0.0262. The predicted octanol–water partition coefficient (Wildman–Crippen LogP) is 29.7. The summed E-state index contributed by atoms with van der Waals surface area (Å²) in [5, 5.41) is 30.4. The standard InChI is InChI=1S/2C50H28S/c2*1-2-10-45-40(9-1)44-28-36(20-26-46(44)51-45)38-22-19-35(37-21-15-33-13-11-29-5-3-7-31-17-24-41(37)49(33)47(29)31)27-43(38)39-23-16-34-14-12-30-6-4-8-32-18-25-42(39)50(34)48(30)32/h2*1-28H/i1D,2D,9D,10D,20D,26D,28D;19D,22D,27D. The molecule has 0 saturated heterocycles. The van der Waals surface area contributed by atoms with Gasteiger partial charge in [0.05, 0.1) is 13.7 Å². The van der Waals surface area contributed by atoms with Gasteiger partial charge in [0.2, 0.25) is 0 Å². The maximum Gasteiger partial charge on any atom is 0.0638 e. The molecule has 0 spiro atoms. The Balaban J connectivity index is 0.000000134. The monoisotopic (exact) mass is 1330 g/mol. The van der Waals surface area contributed by atoms with Gasteiger partial charge < -0.3 is 0 Å². The Hall–Kier alpha value is -12.6. The highest BCUT2D eigenvalue weighted by Crippen LogP contribution is 2.50. The van der Waals surface area contributed by atoms with Crippen molar-refractivity contribution in [1.82, 2.24) is 0 Å². The van der Waals surface area contributed by atoms with Gasteiger partial charge in [0.25, 0.3) is 0 Å². The van der Waals surface area contributed by atoms with Gasteiger partial charge in [-0.05, 0) is 244 Å². The van der Waals surface area contributed by atoms with Gasteiger partial charge in [0, 0.05) is 40.3 Å². The van der Waals surface area contributed by atoms with E-state index >= 15 is 0 Å². The Kier molecular flexibility index (Phi) is 9.99. The van der Waals surface area contributed by atoms with Crippen LogP contribution < -0.4 is 0 Å². The van der Waals surface area contributed by atoms with Crippen LogP contribution in [0.3, 0.4) is 0 Å². The van der Waals surface area contributed by atoms with Crippen molar-refractivity contribution in [1.29, 1.82) is 0 Å². The Bertz CT molecular complexity index is 8220. The van der Waals surface area contributed by atoms with E-state index in [4.69, 9.17) is 5.48 Å². The van der Waals surface area contributed by atoms with E-state index in [-0.39, 0.29) is 81.5 Å². The fourth-order valence-electron chi connectivity index (χ4n) is 17.3. The van der Waals surface area contributed by atoms with Gasteiger partial charge in [0.15, 0.2) is 0 Å². The van der Waals surface area contributed by atoms with Crippen LogP contribution in [0.2, 0.25) is 0 Å². The van der Waals surface area contributed by atoms with E-state index in [9.17, 15) is 8.22 Å². The molecule has 0 atom stereocenters. The lowest BCUT2D eigenvalue weighted by Gasteiger charge is -2.19. The second kappa shape index (κ2) is 21.5. The molecule has 22 aromatic carbocycles. The number of fused-ring (bicyclic) bond motifs is 6. The smallest absolute Gasteiger partial charge is 0.0638 e. The minimum Gasteiger partial charge on any atom is -0.135 e. The van der Waals surface area contributed by atoms with Crippen molar-refractivity contribution in [2.45, 2.75) is 0 Å². The molecule has 0 amide bonds. The number of benzene rings is 22. The third-order valence-corrected chi connectivity index (χ3v) is 24.1. The molecule has 0 nitrogen and oxygen atoms in total. The van der Waals surface area contributed by atoms with Gasteiger partial charge in [-0.2, -0.15) is 0 Å². The first kappa shape index (κ1) is 47.4. The third-order valence-electron chi connectivity index (χ3n) is 21.9. The molecule has 0 fully saturated rings. The van der Waals surface area contributed by atoms with E-state index in [2.05, 4.69) is 267 Å². The number of hydrogen-bond donors (Lipinski definition) is 0. The summed E-state index contributed by atoms with van der Waals surface area (Å²) < 4.78 is 95.9. The van der Waals surface area contributed by atoms with Gasteiger partial charge in [0.1, 0.15) is 0 Å². The largest absolute Gasteiger partial charge is 0.135 e. The van der Waals surface area contributed by atoms with Gasteiger partial charge in [-0.3, -0.25) is 0 Å². The molecule has 0 bridgehead atoms. The summed E-state index contributed by atoms with van der Waals surface area (Å²) in [6.07, 6.45) is 0. The molecule has 0 aliphatic rings. The molecule has 0 N–H and O–H groups in total. The number of hydrogen-bond acceptors (Lipinski definition) is 2. The molecule has 0 radical (unpaired) electrons. The molecule has 102 heavy (non-hydrogen) atoms. The first-order valence-electron chi connectivity index (χ1n) is 39.5. The van der Waals surface area contributed by atoms with Crippen molar-refractivity contribution in [3.05, 3.63) is 339 Å². The highest BCUT2D eigenvalue weighted by Gasteiger charge is 2.23. The normalized spacial score (nSPS) is 13.7. The van der Waals surface area contributed by atoms with E-state index in [0.29, 0.717) is 27.0 Å². The van der Waals surface area contributed by atoms with Gasteiger partial charge in [-0.1, -0.05) is 291 Å². The fraction of sp³-hybridized carbons (Fsp3) is 0. The molecule has 0 aliphatic carbocycles. The minimum atomic E-state index is -0.383. The third kappa shape index (κ3) is 8.25. The van der Waals surface area contributed by atoms with Gasteiger partial charge >= 0.3 is 0 Å². The van der Waals surface area contributed by atoms with Crippen LogP contribution in [0.25, 0.3) is 236 Å². The fourth-order valence-corrected chi connectivity index (χ4v) is 19.3. The van der Waals surface area contributed by atoms with Crippen LogP contribution >= 0.6 is 22.7 Å². The molecular formula is C100H56S2. The molecule has 24 rings (SSSR count). The SMILES string of the molecule is [2H]c1c([2H])c(-c2ccc3sc4ccccc4c3c2)c(-c2ccc3ccc4cccc5ccc2c3c45)c([2H])c1-c1ccc2ccc3cccc4ccc1c2c34.[2H]c1c([2H])c([2H])c2c(sc3c([2H])c([2H])c(-c4ccc(-c5ccc6ccc7cccc8ccc5c6c78)cc4-c4ccc5ccc6cccc7ccc4c5c67)c([2H])c32)c1[2H]. The van der Waals surface area contributed by atoms with E-state index in [1.165, 1.54) is 84.8 Å². The Morgan fingerprint density at radius 3 is 1.11 bits per heavy atom. The molecule has 0 unspecified atom stereocenters. The molecule has 24 aromatic rings. The van der Waals surface area contributed by atoms with Crippen LogP contribution in [0.4, 0.5) is 0 Å².